The molecule has 0 radical (unpaired) electrons. The SMILES string of the molecule is CC(C)CN(Cc1cc(NC(=O)CC(C)(C)C)ccc1N(C)C)S(=O)(=O)c1cccc(Cl)c1. The number of sulfonamides is 1. The Morgan fingerprint density at radius 2 is 1.76 bits per heavy atom. The van der Waals surface area contributed by atoms with Crippen LogP contribution in [0.15, 0.2) is 47.4 Å². The first-order valence-electron chi connectivity index (χ1n) is 11.0. The van der Waals surface area contributed by atoms with Crippen molar-refractivity contribution in [2.24, 2.45) is 11.3 Å². The van der Waals surface area contributed by atoms with Crippen molar-refractivity contribution in [1.29, 1.82) is 0 Å². The molecule has 0 unspecified atom stereocenters. The molecule has 0 saturated heterocycles. The van der Waals surface area contributed by atoms with E-state index in [1.165, 1.54) is 10.4 Å². The molecule has 0 aliphatic heterocycles. The van der Waals surface area contributed by atoms with Crippen LogP contribution < -0.4 is 10.2 Å². The second-order valence-corrected chi connectivity index (χ2v) is 12.5. The van der Waals surface area contributed by atoms with Gasteiger partial charge in [-0.1, -0.05) is 52.3 Å². The minimum Gasteiger partial charge on any atom is -0.377 e. The molecule has 0 atom stereocenters. The molecule has 2 rings (SSSR count). The molecule has 2 aromatic rings. The standard InChI is InChI=1S/C25H36ClN3O3S/c1-18(2)16-29(33(31,32)22-10-8-9-20(26)14-22)17-19-13-21(11-12-23(19)28(6)7)27-24(30)15-25(3,4)5/h8-14,18H,15-17H2,1-7H3,(H,27,30). The van der Waals surface area contributed by atoms with Gasteiger partial charge in [-0.05, 0) is 53.3 Å². The summed E-state index contributed by atoms with van der Waals surface area (Å²) in [5.74, 6) is 0.0491. The van der Waals surface area contributed by atoms with Crippen molar-refractivity contribution >= 4 is 38.9 Å². The minimum atomic E-state index is -3.78. The van der Waals surface area contributed by atoms with Crippen molar-refractivity contribution in [3.05, 3.63) is 53.1 Å². The van der Waals surface area contributed by atoms with Crippen molar-refractivity contribution in [3.8, 4) is 0 Å². The molecule has 2 aromatic carbocycles. The van der Waals surface area contributed by atoms with E-state index < -0.39 is 10.0 Å². The Morgan fingerprint density at radius 1 is 1.09 bits per heavy atom. The van der Waals surface area contributed by atoms with Gasteiger partial charge in [0, 0.05) is 50.0 Å². The number of rotatable bonds is 9. The number of nitrogens with one attached hydrogen (secondary N) is 1. The van der Waals surface area contributed by atoms with Crippen LogP contribution in [0, 0.1) is 11.3 Å². The molecule has 182 valence electrons. The first-order chi connectivity index (χ1) is 15.2. The van der Waals surface area contributed by atoms with E-state index in [9.17, 15) is 13.2 Å². The van der Waals surface area contributed by atoms with Gasteiger partial charge in [-0.2, -0.15) is 4.31 Å². The Hall–Kier alpha value is -2.09. The highest BCUT2D eigenvalue weighted by molar-refractivity contribution is 7.89. The first kappa shape index (κ1) is 27.2. The van der Waals surface area contributed by atoms with Gasteiger partial charge in [0.25, 0.3) is 0 Å². The zero-order valence-corrected chi connectivity index (χ0v) is 22.2. The Bertz CT molecular complexity index is 1080. The lowest BCUT2D eigenvalue weighted by Gasteiger charge is -2.27. The summed E-state index contributed by atoms with van der Waals surface area (Å²) >= 11 is 6.07. The van der Waals surface area contributed by atoms with Crippen molar-refractivity contribution in [2.45, 2.75) is 52.5 Å². The summed E-state index contributed by atoms with van der Waals surface area (Å²) in [5, 5.41) is 3.33. The molecule has 0 spiro atoms. The van der Waals surface area contributed by atoms with Crippen molar-refractivity contribution in [1.82, 2.24) is 4.31 Å². The lowest BCUT2D eigenvalue weighted by atomic mass is 9.92. The number of benzene rings is 2. The van der Waals surface area contributed by atoms with Crippen LogP contribution in [0.25, 0.3) is 0 Å². The Morgan fingerprint density at radius 3 is 2.30 bits per heavy atom. The van der Waals surface area contributed by atoms with E-state index in [2.05, 4.69) is 5.32 Å². The summed E-state index contributed by atoms with van der Waals surface area (Å²) in [5.41, 5.74) is 2.21. The van der Waals surface area contributed by atoms with E-state index in [4.69, 9.17) is 11.6 Å². The Labute approximate surface area is 204 Å². The van der Waals surface area contributed by atoms with Gasteiger partial charge in [-0.15, -0.1) is 0 Å². The summed E-state index contributed by atoms with van der Waals surface area (Å²) in [6.45, 7) is 10.5. The van der Waals surface area contributed by atoms with Gasteiger partial charge < -0.3 is 10.2 Å². The summed E-state index contributed by atoms with van der Waals surface area (Å²) in [7, 11) is 0.0471. The highest BCUT2D eigenvalue weighted by Gasteiger charge is 2.27. The molecule has 1 N–H and O–H groups in total. The largest absolute Gasteiger partial charge is 0.377 e. The summed E-state index contributed by atoms with van der Waals surface area (Å²) in [6.07, 6.45) is 0.389. The van der Waals surface area contributed by atoms with Crippen LogP contribution in [-0.4, -0.2) is 39.3 Å². The average molecular weight is 494 g/mol. The van der Waals surface area contributed by atoms with Gasteiger partial charge in [0.2, 0.25) is 15.9 Å². The van der Waals surface area contributed by atoms with Crippen molar-refractivity contribution in [3.63, 3.8) is 0 Å². The fraction of sp³-hybridized carbons (Fsp3) is 0.480. The summed E-state index contributed by atoms with van der Waals surface area (Å²) in [4.78, 5) is 14.6. The zero-order valence-electron chi connectivity index (χ0n) is 20.6. The van der Waals surface area contributed by atoms with Crippen LogP contribution in [0.5, 0.6) is 0 Å². The second kappa shape index (κ2) is 10.9. The fourth-order valence-corrected chi connectivity index (χ4v) is 5.42. The van der Waals surface area contributed by atoms with E-state index in [0.717, 1.165) is 11.3 Å². The van der Waals surface area contributed by atoms with E-state index in [-0.39, 0.29) is 28.7 Å². The number of nitrogens with zero attached hydrogens (tertiary/aromatic N) is 2. The van der Waals surface area contributed by atoms with Crippen LogP contribution in [0.1, 0.15) is 46.6 Å². The van der Waals surface area contributed by atoms with Gasteiger partial charge in [0.15, 0.2) is 0 Å². The number of anilines is 2. The van der Waals surface area contributed by atoms with Crippen molar-refractivity contribution < 1.29 is 13.2 Å². The van der Waals surface area contributed by atoms with Gasteiger partial charge in [0.1, 0.15) is 0 Å². The molecule has 33 heavy (non-hydrogen) atoms. The van der Waals surface area contributed by atoms with Gasteiger partial charge in [-0.25, -0.2) is 8.42 Å². The molecule has 0 fully saturated rings. The molecular weight excluding hydrogens is 458 g/mol. The normalized spacial score (nSPS) is 12.3. The lowest BCUT2D eigenvalue weighted by Crippen LogP contribution is -2.34. The topological polar surface area (TPSA) is 69.7 Å². The molecular formula is C25H36ClN3O3S. The molecule has 0 aromatic heterocycles. The molecule has 0 aliphatic rings. The zero-order chi connectivity index (χ0) is 25.0. The Kier molecular flexibility index (Phi) is 8.96. The first-order valence-corrected chi connectivity index (χ1v) is 12.9. The molecule has 0 aliphatic carbocycles. The maximum absolute atomic E-state index is 13.5. The lowest BCUT2D eigenvalue weighted by molar-refractivity contribution is -0.117. The van der Waals surface area contributed by atoms with E-state index in [0.29, 0.717) is 23.7 Å². The van der Waals surface area contributed by atoms with Crippen LogP contribution in [-0.2, 0) is 21.4 Å². The predicted octanol–water partition coefficient (Wildman–Crippen LogP) is 5.63. The number of halogens is 1. The smallest absolute Gasteiger partial charge is 0.243 e. The van der Waals surface area contributed by atoms with E-state index in [1.54, 1.807) is 18.2 Å². The predicted molar refractivity (Wildman–Crippen MR) is 137 cm³/mol. The number of amides is 1. The van der Waals surface area contributed by atoms with Crippen LogP contribution >= 0.6 is 11.6 Å². The number of hydrogen-bond donors (Lipinski definition) is 1. The van der Waals surface area contributed by atoms with Gasteiger partial charge in [0.05, 0.1) is 4.90 Å². The monoisotopic (exact) mass is 493 g/mol. The van der Waals surface area contributed by atoms with Gasteiger partial charge in [-0.3, -0.25) is 4.79 Å². The summed E-state index contributed by atoms with van der Waals surface area (Å²) in [6, 6.07) is 11.9. The van der Waals surface area contributed by atoms with Crippen molar-refractivity contribution in [2.75, 3.05) is 30.9 Å². The molecule has 1 amide bonds. The highest BCUT2D eigenvalue weighted by atomic mass is 35.5. The minimum absolute atomic E-state index is 0.0726. The summed E-state index contributed by atoms with van der Waals surface area (Å²) < 4.78 is 28.5. The molecule has 6 nitrogen and oxygen atoms in total. The third-order valence-corrected chi connectivity index (χ3v) is 6.93. The highest BCUT2D eigenvalue weighted by Crippen LogP contribution is 2.29. The molecule has 0 heterocycles. The van der Waals surface area contributed by atoms with Crippen LogP contribution in [0.2, 0.25) is 5.02 Å². The second-order valence-electron chi connectivity index (χ2n) is 10.2. The molecule has 0 saturated carbocycles. The quantitative estimate of drug-likeness (QED) is 0.491. The fourth-order valence-electron chi connectivity index (χ4n) is 3.53. The maximum atomic E-state index is 13.5. The van der Waals surface area contributed by atoms with E-state index in [1.807, 2.05) is 71.8 Å². The Balaban J connectivity index is 2.44. The third kappa shape index (κ3) is 8.02. The van der Waals surface area contributed by atoms with Crippen LogP contribution in [0.3, 0.4) is 0 Å². The number of carbonyl (C=O) groups is 1. The number of hydrogen-bond acceptors (Lipinski definition) is 4. The maximum Gasteiger partial charge on any atom is 0.243 e. The molecule has 8 heteroatoms. The van der Waals surface area contributed by atoms with E-state index >= 15 is 0 Å². The van der Waals surface area contributed by atoms with Crippen LogP contribution in [0.4, 0.5) is 11.4 Å². The molecule has 0 bridgehead atoms. The third-order valence-electron chi connectivity index (χ3n) is 4.89. The number of carbonyl (C=O) groups excluding carboxylic acids is 1. The van der Waals surface area contributed by atoms with Gasteiger partial charge >= 0.3 is 0 Å². The average Bonchev–Trinajstić information content (AvgIpc) is 2.65.